The van der Waals surface area contributed by atoms with Crippen LogP contribution in [0.4, 0.5) is 0 Å². The zero-order chi connectivity index (χ0) is 20.8. The summed E-state index contributed by atoms with van der Waals surface area (Å²) < 4.78 is 11.6. The first-order valence-electron chi connectivity index (χ1n) is 9.27. The molecule has 0 radical (unpaired) electrons. The van der Waals surface area contributed by atoms with Crippen molar-refractivity contribution in [3.8, 4) is 11.5 Å². The number of rotatable bonds is 8. The fraction of sp³-hybridized carbons (Fsp3) is 0.333. The summed E-state index contributed by atoms with van der Waals surface area (Å²) in [6.07, 6.45) is 0.283. The lowest BCUT2D eigenvalue weighted by Gasteiger charge is -2.47. The molecule has 0 aromatic heterocycles. The Morgan fingerprint density at radius 1 is 1.03 bits per heavy atom. The second-order valence-electron chi connectivity index (χ2n) is 6.78. The molecule has 2 aromatic rings. The summed E-state index contributed by atoms with van der Waals surface area (Å²) in [5.74, 6) is 1.05. The second kappa shape index (κ2) is 9.85. The molecule has 1 aliphatic heterocycles. The number of benzene rings is 2. The molecule has 1 aliphatic rings. The van der Waals surface area contributed by atoms with Crippen molar-refractivity contribution in [3.63, 3.8) is 0 Å². The lowest BCUT2D eigenvalue weighted by Crippen LogP contribution is -2.62. The number of hydrogen-bond donors (Lipinski definition) is 1. The van der Waals surface area contributed by atoms with E-state index in [4.69, 9.17) is 32.7 Å². The Morgan fingerprint density at radius 3 is 2.21 bits per heavy atom. The predicted molar refractivity (Wildman–Crippen MR) is 111 cm³/mol. The first-order valence-corrected chi connectivity index (χ1v) is 10.0. The number of halogens is 2. The highest BCUT2D eigenvalue weighted by molar-refractivity contribution is 6.30. The van der Waals surface area contributed by atoms with Gasteiger partial charge in [0, 0.05) is 36.0 Å². The van der Waals surface area contributed by atoms with Crippen molar-refractivity contribution < 1.29 is 19.1 Å². The largest absolute Gasteiger partial charge is 0.484 e. The molecular formula is C21H22Cl2N2O4. The van der Waals surface area contributed by atoms with E-state index in [-0.39, 0.29) is 24.3 Å². The third kappa shape index (κ3) is 6.02. The lowest BCUT2D eigenvalue weighted by molar-refractivity contribution is -0.166. The van der Waals surface area contributed by atoms with Gasteiger partial charge in [-0.3, -0.25) is 9.59 Å². The molecule has 0 spiro atoms. The third-order valence-electron chi connectivity index (χ3n) is 4.60. The number of carbonyl (C=O) groups is 2. The summed E-state index contributed by atoms with van der Waals surface area (Å²) in [4.78, 5) is 25.4. The van der Waals surface area contributed by atoms with Crippen molar-refractivity contribution in [2.24, 2.45) is 5.92 Å². The SMILES string of the molecule is CC(=O)NCCC1CN(C(=O)COc2ccc(Cl)cc2)C1Oc1ccc(Cl)cc1. The molecule has 1 fully saturated rings. The van der Waals surface area contributed by atoms with Gasteiger partial charge in [-0.15, -0.1) is 0 Å². The second-order valence-corrected chi connectivity index (χ2v) is 7.66. The van der Waals surface area contributed by atoms with Gasteiger partial charge in [-0.1, -0.05) is 23.2 Å². The summed E-state index contributed by atoms with van der Waals surface area (Å²) >= 11 is 11.8. The van der Waals surface area contributed by atoms with E-state index in [1.807, 2.05) is 0 Å². The molecule has 1 N–H and O–H groups in total. The fourth-order valence-corrected chi connectivity index (χ4v) is 3.30. The average Bonchev–Trinajstić information content (AvgIpc) is 2.68. The number of amides is 2. The molecule has 6 nitrogen and oxygen atoms in total. The molecule has 2 amide bonds. The van der Waals surface area contributed by atoms with Crippen LogP contribution < -0.4 is 14.8 Å². The quantitative estimate of drug-likeness (QED) is 0.683. The Bertz CT molecular complexity index is 843. The molecule has 154 valence electrons. The molecule has 1 heterocycles. The maximum Gasteiger partial charge on any atom is 0.263 e. The Kier molecular flexibility index (Phi) is 7.23. The van der Waals surface area contributed by atoms with E-state index < -0.39 is 6.23 Å². The maximum absolute atomic E-state index is 12.7. The topological polar surface area (TPSA) is 67.9 Å². The van der Waals surface area contributed by atoms with Gasteiger partial charge in [0.15, 0.2) is 12.8 Å². The molecule has 0 aliphatic carbocycles. The van der Waals surface area contributed by atoms with Crippen molar-refractivity contribution in [1.29, 1.82) is 0 Å². The minimum absolute atomic E-state index is 0.0798. The van der Waals surface area contributed by atoms with E-state index in [2.05, 4.69) is 5.32 Å². The number of nitrogens with zero attached hydrogens (tertiary/aromatic N) is 1. The third-order valence-corrected chi connectivity index (χ3v) is 5.10. The number of nitrogens with one attached hydrogen (secondary N) is 1. The van der Waals surface area contributed by atoms with Gasteiger partial charge >= 0.3 is 0 Å². The first kappa shape index (κ1) is 21.3. The molecule has 1 saturated heterocycles. The first-order chi connectivity index (χ1) is 13.9. The van der Waals surface area contributed by atoms with Crippen LogP contribution in [0.15, 0.2) is 48.5 Å². The Morgan fingerprint density at radius 2 is 1.62 bits per heavy atom. The van der Waals surface area contributed by atoms with Crippen molar-refractivity contribution >= 4 is 35.0 Å². The van der Waals surface area contributed by atoms with E-state index in [9.17, 15) is 9.59 Å². The predicted octanol–water partition coefficient (Wildman–Crippen LogP) is 3.76. The van der Waals surface area contributed by atoms with E-state index in [0.717, 1.165) is 0 Å². The fourth-order valence-electron chi connectivity index (χ4n) is 3.05. The maximum atomic E-state index is 12.7. The molecule has 3 rings (SSSR count). The summed E-state index contributed by atoms with van der Waals surface area (Å²) in [6.45, 7) is 2.46. The molecule has 0 saturated carbocycles. The van der Waals surface area contributed by atoms with Gasteiger partial charge in [0.2, 0.25) is 5.91 Å². The van der Waals surface area contributed by atoms with Gasteiger partial charge in [-0.2, -0.15) is 0 Å². The Labute approximate surface area is 179 Å². The van der Waals surface area contributed by atoms with Crippen molar-refractivity contribution in [1.82, 2.24) is 10.2 Å². The number of hydrogen-bond acceptors (Lipinski definition) is 4. The van der Waals surface area contributed by atoms with Crippen LogP contribution in [0.5, 0.6) is 11.5 Å². The molecule has 2 aromatic carbocycles. The van der Waals surface area contributed by atoms with Crippen LogP contribution in [0.25, 0.3) is 0 Å². The van der Waals surface area contributed by atoms with Gasteiger partial charge in [0.05, 0.1) is 0 Å². The summed E-state index contributed by atoms with van der Waals surface area (Å²) in [6, 6.07) is 13.8. The van der Waals surface area contributed by atoms with Crippen LogP contribution in [-0.4, -0.2) is 42.6 Å². The minimum atomic E-state index is -0.425. The zero-order valence-electron chi connectivity index (χ0n) is 15.9. The minimum Gasteiger partial charge on any atom is -0.484 e. The van der Waals surface area contributed by atoms with Gasteiger partial charge in [0.25, 0.3) is 5.91 Å². The van der Waals surface area contributed by atoms with Crippen LogP contribution in [0.1, 0.15) is 13.3 Å². The monoisotopic (exact) mass is 436 g/mol. The molecule has 2 unspecified atom stereocenters. The lowest BCUT2D eigenvalue weighted by atomic mass is 9.93. The van der Waals surface area contributed by atoms with Crippen molar-refractivity contribution in [3.05, 3.63) is 58.6 Å². The highest BCUT2D eigenvalue weighted by Gasteiger charge is 2.43. The Balaban J connectivity index is 1.60. The molecular weight excluding hydrogens is 415 g/mol. The van der Waals surface area contributed by atoms with E-state index >= 15 is 0 Å². The van der Waals surface area contributed by atoms with Crippen LogP contribution >= 0.6 is 23.2 Å². The highest BCUT2D eigenvalue weighted by Crippen LogP contribution is 2.31. The van der Waals surface area contributed by atoms with E-state index in [1.165, 1.54) is 6.92 Å². The van der Waals surface area contributed by atoms with Crippen LogP contribution in [0.2, 0.25) is 10.0 Å². The summed E-state index contributed by atoms with van der Waals surface area (Å²) in [5, 5.41) is 3.99. The van der Waals surface area contributed by atoms with Crippen LogP contribution in [0, 0.1) is 5.92 Å². The average molecular weight is 437 g/mol. The van der Waals surface area contributed by atoms with Gasteiger partial charge in [0.1, 0.15) is 11.5 Å². The van der Waals surface area contributed by atoms with E-state index in [1.54, 1.807) is 53.4 Å². The number of ether oxygens (including phenoxy) is 2. The highest BCUT2D eigenvalue weighted by atomic mass is 35.5. The van der Waals surface area contributed by atoms with Crippen LogP contribution in [-0.2, 0) is 9.59 Å². The normalized spacial score (nSPS) is 18.0. The Hall–Kier alpha value is -2.44. The number of likely N-dealkylation sites (tertiary alicyclic amines) is 1. The van der Waals surface area contributed by atoms with Crippen molar-refractivity contribution in [2.75, 3.05) is 19.7 Å². The van der Waals surface area contributed by atoms with E-state index in [0.29, 0.717) is 41.1 Å². The summed E-state index contributed by atoms with van der Waals surface area (Å²) in [5.41, 5.74) is 0. The molecule has 2 atom stereocenters. The van der Waals surface area contributed by atoms with Gasteiger partial charge in [-0.25, -0.2) is 0 Å². The molecule has 8 heteroatoms. The summed E-state index contributed by atoms with van der Waals surface area (Å²) in [7, 11) is 0. The van der Waals surface area contributed by atoms with Crippen LogP contribution in [0.3, 0.4) is 0 Å². The number of carbonyl (C=O) groups excluding carboxylic acids is 2. The molecule has 29 heavy (non-hydrogen) atoms. The molecule has 0 bridgehead atoms. The van der Waals surface area contributed by atoms with Gasteiger partial charge in [-0.05, 0) is 55.0 Å². The standard InChI is InChI=1S/C21H22Cl2N2O4/c1-14(26)24-11-10-15-12-25(21(15)29-19-8-4-17(23)5-9-19)20(27)13-28-18-6-2-16(22)3-7-18/h2-9,15,21H,10-13H2,1H3,(H,24,26). The smallest absolute Gasteiger partial charge is 0.263 e. The zero-order valence-corrected chi connectivity index (χ0v) is 17.4. The van der Waals surface area contributed by atoms with Crippen molar-refractivity contribution in [2.45, 2.75) is 19.6 Å². The van der Waals surface area contributed by atoms with Gasteiger partial charge < -0.3 is 19.7 Å².